The minimum Gasteiger partial charge on any atom is -0.343 e. The van der Waals surface area contributed by atoms with Gasteiger partial charge in [0.15, 0.2) is 0 Å². The van der Waals surface area contributed by atoms with Crippen molar-refractivity contribution in [3.8, 4) is 0 Å². The highest BCUT2D eigenvalue weighted by Crippen LogP contribution is 2.55. The lowest BCUT2D eigenvalue weighted by Gasteiger charge is -2.36. The summed E-state index contributed by atoms with van der Waals surface area (Å²) in [5, 5.41) is 2.70. The Morgan fingerprint density at radius 3 is 2.07 bits per heavy atom. The molecule has 0 spiro atoms. The second kappa shape index (κ2) is 9.74. The fourth-order valence-corrected chi connectivity index (χ4v) is 6.93. The first kappa shape index (κ1) is 24.4. The van der Waals surface area contributed by atoms with E-state index >= 15 is 0 Å². The van der Waals surface area contributed by atoms with Crippen LogP contribution in [0.15, 0.2) is 0 Å². The topological polar surface area (TPSA) is 111 Å². The van der Waals surface area contributed by atoms with Crippen molar-refractivity contribution in [2.75, 3.05) is 26.0 Å². The first-order valence-electron chi connectivity index (χ1n) is 9.44. The standard InChI is InChI=1S/C17H34N3O5PS/c1-7-17(8-2)14(20(13(21)11-18)16(5,6)27-17)15(22)19-12-26(23,24-9-3)25-10-4/h14H,7-12,18H2,1-6H3,(H,19,22). The fourth-order valence-electron chi connectivity index (χ4n) is 3.62. The van der Waals surface area contributed by atoms with Gasteiger partial charge in [-0.05, 0) is 40.5 Å². The van der Waals surface area contributed by atoms with E-state index < -0.39 is 23.3 Å². The largest absolute Gasteiger partial charge is 0.349 e. The van der Waals surface area contributed by atoms with Crippen molar-refractivity contribution in [2.24, 2.45) is 5.73 Å². The molecule has 1 fully saturated rings. The molecule has 1 saturated heterocycles. The van der Waals surface area contributed by atoms with Crippen LogP contribution >= 0.6 is 19.4 Å². The van der Waals surface area contributed by atoms with Crippen LogP contribution < -0.4 is 11.1 Å². The van der Waals surface area contributed by atoms with Gasteiger partial charge in [-0.15, -0.1) is 11.8 Å². The zero-order valence-corrected chi connectivity index (χ0v) is 19.0. The van der Waals surface area contributed by atoms with Gasteiger partial charge in [0.25, 0.3) is 0 Å². The summed E-state index contributed by atoms with van der Waals surface area (Å²) in [6.45, 7) is 11.5. The van der Waals surface area contributed by atoms with Crippen molar-refractivity contribution in [3.05, 3.63) is 0 Å². The number of amides is 2. The number of carbonyl (C=O) groups is 2. The Morgan fingerprint density at radius 2 is 1.67 bits per heavy atom. The Hall–Kier alpha value is -0.600. The van der Waals surface area contributed by atoms with E-state index in [2.05, 4.69) is 5.32 Å². The zero-order chi connectivity index (χ0) is 20.9. The number of hydrogen-bond donors (Lipinski definition) is 2. The number of nitrogens with one attached hydrogen (secondary N) is 1. The van der Waals surface area contributed by atoms with Gasteiger partial charge in [0.05, 0.1) is 24.6 Å². The van der Waals surface area contributed by atoms with Crippen molar-refractivity contribution < 1.29 is 23.2 Å². The van der Waals surface area contributed by atoms with Crippen LogP contribution in [-0.2, 0) is 23.2 Å². The summed E-state index contributed by atoms with van der Waals surface area (Å²) >= 11 is 1.61. The molecular formula is C17H34N3O5PS. The highest BCUT2D eigenvalue weighted by Gasteiger charge is 2.59. The normalized spacial score (nSPS) is 21.3. The third-order valence-electron chi connectivity index (χ3n) is 4.78. The second-order valence-electron chi connectivity index (χ2n) is 6.84. The average molecular weight is 424 g/mol. The van der Waals surface area contributed by atoms with Crippen LogP contribution in [0.3, 0.4) is 0 Å². The molecule has 1 aliphatic heterocycles. The van der Waals surface area contributed by atoms with E-state index in [1.165, 1.54) is 0 Å². The predicted octanol–water partition coefficient (Wildman–Crippen LogP) is 2.52. The molecular weight excluding hydrogens is 389 g/mol. The van der Waals surface area contributed by atoms with Gasteiger partial charge in [0, 0.05) is 4.75 Å². The second-order valence-corrected chi connectivity index (χ2v) is 10.9. The molecule has 1 atom stereocenters. The minimum atomic E-state index is -3.42. The van der Waals surface area contributed by atoms with E-state index in [1.807, 2.05) is 27.7 Å². The van der Waals surface area contributed by atoms with Crippen molar-refractivity contribution in [1.82, 2.24) is 10.2 Å². The van der Waals surface area contributed by atoms with Crippen molar-refractivity contribution in [3.63, 3.8) is 0 Å². The molecule has 0 saturated carbocycles. The number of hydrogen-bond acceptors (Lipinski definition) is 7. The van der Waals surface area contributed by atoms with E-state index in [1.54, 1.807) is 30.5 Å². The van der Waals surface area contributed by atoms with Crippen LogP contribution in [0.2, 0.25) is 0 Å². The predicted molar refractivity (Wildman–Crippen MR) is 109 cm³/mol. The summed E-state index contributed by atoms with van der Waals surface area (Å²) in [7, 11) is -3.42. The number of carbonyl (C=O) groups excluding carboxylic acids is 2. The van der Waals surface area contributed by atoms with Gasteiger partial charge >= 0.3 is 7.60 Å². The number of thioether (sulfide) groups is 1. The van der Waals surface area contributed by atoms with Gasteiger partial charge in [0.1, 0.15) is 12.3 Å². The van der Waals surface area contributed by atoms with Gasteiger partial charge in [-0.25, -0.2) is 0 Å². The van der Waals surface area contributed by atoms with Gasteiger partial charge in [-0.2, -0.15) is 0 Å². The van der Waals surface area contributed by atoms with E-state index in [0.29, 0.717) is 12.8 Å². The molecule has 0 bridgehead atoms. The number of rotatable bonds is 10. The zero-order valence-electron chi connectivity index (χ0n) is 17.2. The molecule has 0 radical (unpaired) electrons. The van der Waals surface area contributed by atoms with Crippen molar-refractivity contribution in [2.45, 2.75) is 70.0 Å². The van der Waals surface area contributed by atoms with Crippen LogP contribution in [0.4, 0.5) is 0 Å². The van der Waals surface area contributed by atoms with Crippen molar-refractivity contribution in [1.29, 1.82) is 0 Å². The molecule has 2 amide bonds. The van der Waals surface area contributed by atoms with Gasteiger partial charge < -0.3 is 25.0 Å². The average Bonchev–Trinajstić information content (AvgIpc) is 2.87. The third kappa shape index (κ3) is 5.26. The van der Waals surface area contributed by atoms with Gasteiger partial charge in [-0.3, -0.25) is 14.2 Å². The summed E-state index contributed by atoms with van der Waals surface area (Å²) < 4.78 is 22.7. The maximum atomic E-state index is 13.2. The molecule has 1 heterocycles. The lowest BCUT2D eigenvalue weighted by Crippen LogP contribution is -2.58. The minimum absolute atomic E-state index is 0.173. The van der Waals surface area contributed by atoms with E-state index in [4.69, 9.17) is 14.8 Å². The van der Waals surface area contributed by atoms with E-state index in [0.717, 1.165) is 0 Å². The molecule has 0 aliphatic carbocycles. The van der Waals surface area contributed by atoms with E-state index in [-0.39, 0.29) is 37.9 Å². The molecule has 158 valence electrons. The van der Waals surface area contributed by atoms with Crippen LogP contribution in [-0.4, -0.2) is 58.4 Å². The molecule has 0 aromatic carbocycles. The van der Waals surface area contributed by atoms with Crippen LogP contribution in [0, 0.1) is 0 Å². The summed E-state index contributed by atoms with van der Waals surface area (Å²) in [6, 6.07) is -0.708. The quantitative estimate of drug-likeness (QED) is 0.519. The van der Waals surface area contributed by atoms with E-state index in [9.17, 15) is 14.2 Å². The summed E-state index contributed by atoms with van der Waals surface area (Å²) in [5.41, 5.74) is 5.61. The highest BCUT2D eigenvalue weighted by molar-refractivity contribution is 8.02. The molecule has 27 heavy (non-hydrogen) atoms. The Morgan fingerprint density at radius 1 is 1.15 bits per heavy atom. The molecule has 0 aromatic rings. The Kier molecular flexibility index (Phi) is 8.82. The number of nitrogens with two attached hydrogens (primary N) is 1. The molecule has 10 heteroatoms. The fraction of sp³-hybridized carbons (Fsp3) is 0.882. The molecule has 1 rings (SSSR count). The van der Waals surface area contributed by atoms with Crippen LogP contribution in [0.1, 0.15) is 54.4 Å². The summed E-state index contributed by atoms with van der Waals surface area (Å²) in [6.07, 6.45) is 1.18. The van der Waals surface area contributed by atoms with Crippen LogP contribution in [0.25, 0.3) is 0 Å². The summed E-state index contributed by atoms with van der Waals surface area (Å²) in [4.78, 5) is 26.7. The molecule has 3 N–H and O–H groups in total. The van der Waals surface area contributed by atoms with Crippen LogP contribution in [0.5, 0.6) is 0 Å². The first-order chi connectivity index (χ1) is 12.6. The third-order valence-corrected chi connectivity index (χ3v) is 8.53. The lowest BCUT2D eigenvalue weighted by atomic mass is 9.90. The van der Waals surface area contributed by atoms with Crippen molar-refractivity contribution >= 4 is 31.2 Å². The SMILES string of the molecule is CCOP(=O)(CNC(=O)C1N(C(=O)CN)C(C)(C)SC1(CC)CC)OCC. The van der Waals surface area contributed by atoms with Gasteiger partial charge in [0.2, 0.25) is 11.8 Å². The molecule has 1 aliphatic rings. The maximum Gasteiger partial charge on any atom is 0.349 e. The maximum absolute atomic E-state index is 13.2. The number of nitrogens with zero attached hydrogens (tertiary/aromatic N) is 1. The Labute approximate surface area is 166 Å². The summed E-state index contributed by atoms with van der Waals surface area (Å²) in [5.74, 6) is -0.646. The molecule has 1 unspecified atom stereocenters. The van der Waals surface area contributed by atoms with Gasteiger partial charge in [-0.1, -0.05) is 13.8 Å². The molecule has 8 nitrogen and oxygen atoms in total. The Balaban J connectivity index is 3.16. The first-order valence-corrected chi connectivity index (χ1v) is 12.0. The lowest BCUT2D eigenvalue weighted by molar-refractivity contribution is -0.142. The highest BCUT2D eigenvalue weighted by atomic mass is 32.2. The Bertz CT molecular complexity index is 573. The smallest absolute Gasteiger partial charge is 0.343 e. The molecule has 0 aromatic heterocycles. The monoisotopic (exact) mass is 423 g/mol.